The number of ether oxygens (including phenoxy) is 3. The Morgan fingerprint density at radius 3 is 2.39 bits per heavy atom. The van der Waals surface area contributed by atoms with Gasteiger partial charge >= 0.3 is 0 Å². The topological polar surface area (TPSA) is 152 Å². The standard InChI is InChI=1S/C35H35N3O8/c1-44-25-10-6-22(7-11-25)15-18-46-29-13-9-24(20-30(29)45-2)26(33-34(42)37-31-5-3-4-17-38(31)35(33)43)21-32(41)36-16-14-23-8-12-27(39)28(40)19-23/h3-13,17,19-20,26,39-40,42H,14-16,18,21H2,1-2H3,(H,36,41)/t26-/m1/s1. The van der Waals surface area contributed by atoms with Crippen molar-refractivity contribution in [3.8, 4) is 34.6 Å². The van der Waals surface area contributed by atoms with Crippen LogP contribution in [0.15, 0.2) is 89.9 Å². The zero-order valence-electron chi connectivity index (χ0n) is 25.5. The predicted molar refractivity (Wildman–Crippen MR) is 171 cm³/mol. The van der Waals surface area contributed by atoms with Crippen LogP contribution in [-0.4, -0.2) is 58.0 Å². The van der Waals surface area contributed by atoms with Gasteiger partial charge in [0.15, 0.2) is 23.0 Å². The molecule has 1 atom stereocenters. The van der Waals surface area contributed by atoms with E-state index in [1.807, 2.05) is 24.3 Å². The van der Waals surface area contributed by atoms with Crippen molar-refractivity contribution in [2.75, 3.05) is 27.4 Å². The van der Waals surface area contributed by atoms with Gasteiger partial charge in [-0.05, 0) is 71.6 Å². The minimum absolute atomic E-state index is 0.0301. The molecule has 0 aliphatic heterocycles. The highest BCUT2D eigenvalue weighted by molar-refractivity contribution is 5.78. The summed E-state index contributed by atoms with van der Waals surface area (Å²) in [6.45, 7) is 0.615. The SMILES string of the molecule is COc1ccc(CCOc2ccc([C@@H](CC(=O)NCCc3ccc(O)c(O)c3)c3c(O)nc4ccccn4c3=O)cc2OC)cc1. The number of rotatable bonds is 13. The van der Waals surface area contributed by atoms with E-state index in [0.29, 0.717) is 42.1 Å². The molecule has 11 nitrogen and oxygen atoms in total. The highest BCUT2D eigenvalue weighted by Gasteiger charge is 2.27. The number of pyridine rings is 1. The molecule has 5 rings (SSSR count). The number of phenols is 2. The number of carbonyl (C=O) groups excluding carboxylic acids is 1. The Labute approximate surface area is 265 Å². The molecule has 1 amide bonds. The molecule has 5 aromatic rings. The Morgan fingerprint density at radius 1 is 0.870 bits per heavy atom. The van der Waals surface area contributed by atoms with Crippen LogP contribution in [0.25, 0.3) is 5.65 Å². The van der Waals surface area contributed by atoms with E-state index in [-0.39, 0.29) is 41.6 Å². The lowest BCUT2D eigenvalue weighted by Crippen LogP contribution is -2.30. The van der Waals surface area contributed by atoms with Crippen LogP contribution in [0, 0.1) is 0 Å². The number of phenolic OH excluding ortho intramolecular Hbond substituents is 2. The van der Waals surface area contributed by atoms with Crippen LogP contribution < -0.4 is 25.1 Å². The van der Waals surface area contributed by atoms with E-state index < -0.39 is 17.4 Å². The van der Waals surface area contributed by atoms with E-state index in [4.69, 9.17) is 14.2 Å². The molecule has 238 valence electrons. The van der Waals surface area contributed by atoms with Gasteiger partial charge in [-0.1, -0.05) is 30.3 Å². The fourth-order valence-corrected chi connectivity index (χ4v) is 5.20. The number of hydrogen-bond acceptors (Lipinski definition) is 9. The molecular weight excluding hydrogens is 590 g/mol. The number of aromatic hydroxyl groups is 3. The normalized spacial score (nSPS) is 11.6. The Kier molecular flexibility index (Phi) is 9.91. The van der Waals surface area contributed by atoms with Crippen molar-refractivity contribution in [2.24, 2.45) is 0 Å². The van der Waals surface area contributed by atoms with Gasteiger partial charge in [-0.25, -0.2) is 0 Å². The van der Waals surface area contributed by atoms with E-state index in [9.17, 15) is 24.9 Å². The Hall–Kier alpha value is -5.71. The summed E-state index contributed by atoms with van der Waals surface area (Å²) in [6.07, 6.45) is 2.42. The van der Waals surface area contributed by atoms with Gasteiger partial charge in [0.05, 0.1) is 26.4 Å². The maximum atomic E-state index is 13.7. The molecule has 0 saturated carbocycles. The maximum absolute atomic E-state index is 13.7. The third-order valence-corrected chi connectivity index (χ3v) is 7.66. The average molecular weight is 626 g/mol. The Balaban J connectivity index is 1.39. The molecular formula is C35H35N3O8. The number of nitrogens with zero attached hydrogens (tertiary/aromatic N) is 2. The van der Waals surface area contributed by atoms with Gasteiger partial charge in [0.2, 0.25) is 11.8 Å². The van der Waals surface area contributed by atoms with E-state index in [1.54, 1.807) is 55.8 Å². The minimum Gasteiger partial charge on any atom is -0.504 e. The summed E-state index contributed by atoms with van der Waals surface area (Å²) in [5, 5.41) is 33.1. The first-order chi connectivity index (χ1) is 22.3. The fraction of sp³-hybridized carbons (Fsp3) is 0.229. The molecule has 0 unspecified atom stereocenters. The van der Waals surface area contributed by atoms with Crippen molar-refractivity contribution in [3.05, 3.63) is 118 Å². The summed E-state index contributed by atoms with van der Waals surface area (Å²) < 4.78 is 18.2. The van der Waals surface area contributed by atoms with Crippen LogP contribution in [0.2, 0.25) is 0 Å². The van der Waals surface area contributed by atoms with Crippen LogP contribution in [0.5, 0.6) is 34.6 Å². The zero-order chi connectivity index (χ0) is 32.6. The van der Waals surface area contributed by atoms with Crippen LogP contribution >= 0.6 is 0 Å². The summed E-state index contributed by atoms with van der Waals surface area (Å²) in [7, 11) is 3.12. The van der Waals surface area contributed by atoms with Crippen molar-refractivity contribution >= 4 is 11.6 Å². The largest absolute Gasteiger partial charge is 0.504 e. The summed E-state index contributed by atoms with van der Waals surface area (Å²) >= 11 is 0. The third-order valence-electron chi connectivity index (χ3n) is 7.66. The molecule has 0 aliphatic carbocycles. The summed E-state index contributed by atoms with van der Waals surface area (Å²) in [5.74, 6) is -0.528. The van der Waals surface area contributed by atoms with E-state index >= 15 is 0 Å². The van der Waals surface area contributed by atoms with Gasteiger partial charge < -0.3 is 34.8 Å². The highest BCUT2D eigenvalue weighted by atomic mass is 16.5. The Bertz CT molecular complexity index is 1890. The average Bonchev–Trinajstić information content (AvgIpc) is 3.06. The second-order valence-electron chi connectivity index (χ2n) is 10.6. The highest BCUT2D eigenvalue weighted by Crippen LogP contribution is 2.36. The molecule has 0 aliphatic rings. The quantitative estimate of drug-likeness (QED) is 0.140. The lowest BCUT2D eigenvalue weighted by molar-refractivity contribution is -0.121. The molecule has 0 radical (unpaired) electrons. The number of carbonyl (C=O) groups is 1. The maximum Gasteiger partial charge on any atom is 0.265 e. The summed E-state index contributed by atoms with van der Waals surface area (Å²) in [4.78, 5) is 31.2. The molecule has 2 aromatic heterocycles. The van der Waals surface area contributed by atoms with Gasteiger partial charge in [0.1, 0.15) is 11.4 Å². The molecule has 0 fully saturated rings. The second kappa shape index (κ2) is 14.4. The van der Waals surface area contributed by atoms with Gasteiger partial charge in [0.25, 0.3) is 5.56 Å². The molecule has 0 spiro atoms. The van der Waals surface area contributed by atoms with E-state index in [1.165, 1.54) is 23.6 Å². The Morgan fingerprint density at radius 2 is 1.65 bits per heavy atom. The first kappa shape index (κ1) is 31.7. The monoisotopic (exact) mass is 625 g/mol. The number of methoxy groups -OCH3 is 2. The number of aromatic nitrogens is 2. The first-order valence-corrected chi connectivity index (χ1v) is 14.7. The fourth-order valence-electron chi connectivity index (χ4n) is 5.20. The first-order valence-electron chi connectivity index (χ1n) is 14.7. The third kappa shape index (κ3) is 7.32. The van der Waals surface area contributed by atoms with Crippen LogP contribution in [0.1, 0.15) is 34.6 Å². The summed E-state index contributed by atoms with van der Waals surface area (Å²) in [6, 6.07) is 22.3. The van der Waals surface area contributed by atoms with Crippen molar-refractivity contribution < 1.29 is 34.3 Å². The van der Waals surface area contributed by atoms with E-state index in [0.717, 1.165) is 11.3 Å². The van der Waals surface area contributed by atoms with E-state index in [2.05, 4.69) is 10.3 Å². The van der Waals surface area contributed by atoms with Gasteiger partial charge in [-0.3, -0.25) is 14.0 Å². The minimum atomic E-state index is -0.878. The second-order valence-corrected chi connectivity index (χ2v) is 10.6. The molecule has 2 heterocycles. The number of amides is 1. The van der Waals surface area contributed by atoms with Crippen molar-refractivity contribution in [1.29, 1.82) is 0 Å². The van der Waals surface area contributed by atoms with Crippen LogP contribution in [-0.2, 0) is 17.6 Å². The van der Waals surface area contributed by atoms with Crippen molar-refractivity contribution in [3.63, 3.8) is 0 Å². The molecule has 46 heavy (non-hydrogen) atoms. The molecule has 11 heteroatoms. The zero-order valence-corrected chi connectivity index (χ0v) is 25.5. The smallest absolute Gasteiger partial charge is 0.265 e. The van der Waals surface area contributed by atoms with Crippen LogP contribution in [0.4, 0.5) is 0 Å². The van der Waals surface area contributed by atoms with Gasteiger partial charge in [0, 0.05) is 31.5 Å². The molecule has 3 aromatic carbocycles. The summed E-state index contributed by atoms with van der Waals surface area (Å²) in [5.41, 5.74) is 2.07. The van der Waals surface area contributed by atoms with Gasteiger partial charge in [-0.2, -0.15) is 4.98 Å². The van der Waals surface area contributed by atoms with Gasteiger partial charge in [-0.15, -0.1) is 0 Å². The van der Waals surface area contributed by atoms with Crippen molar-refractivity contribution in [1.82, 2.24) is 14.7 Å². The number of nitrogens with one attached hydrogen (secondary N) is 1. The number of fused-ring (bicyclic) bond motifs is 1. The molecule has 4 N–H and O–H groups in total. The molecule has 0 saturated heterocycles. The predicted octanol–water partition coefficient (Wildman–Crippen LogP) is 4.33. The molecule has 0 bridgehead atoms. The lowest BCUT2D eigenvalue weighted by Gasteiger charge is -2.20. The van der Waals surface area contributed by atoms with Crippen molar-refractivity contribution in [2.45, 2.75) is 25.2 Å². The number of benzene rings is 3. The number of hydrogen-bond donors (Lipinski definition) is 4. The lowest BCUT2D eigenvalue weighted by atomic mass is 9.88. The van der Waals surface area contributed by atoms with Crippen LogP contribution in [0.3, 0.4) is 0 Å².